The van der Waals surface area contributed by atoms with E-state index >= 15 is 0 Å². The first-order valence-electron chi connectivity index (χ1n) is 8.97. The highest BCUT2D eigenvalue weighted by Crippen LogP contribution is 2.31. The van der Waals surface area contributed by atoms with Crippen LogP contribution in [-0.4, -0.2) is 12.1 Å². The lowest BCUT2D eigenvalue weighted by molar-refractivity contribution is 0.0900. The third-order valence-electron chi connectivity index (χ3n) is 4.44. The van der Waals surface area contributed by atoms with Crippen LogP contribution in [0.4, 0.5) is 4.39 Å². The van der Waals surface area contributed by atoms with E-state index in [9.17, 15) is 4.39 Å². The fraction of sp³-hybridized carbons (Fsp3) is 0.550. The van der Waals surface area contributed by atoms with E-state index in [-0.39, 0.29) is 11.9 Å². The van der Waals surface area contributed by atoms with Crippen molar-refractivity contribution in [3.8, 4) is 11.3 Å². The first kappa shape index (κ1) is 19.1. The number of nitrogens with zero attached hydrogens (tertiary/aromatic N) is 1. The number of benzene rings is 1. The first-order chi connectivity index (χ1) is 11.8. The molecule has 0 amide bonds. The second-order valence-electron chi connectivity index (χ2n) is 6.22. The number of rotatable bonds is 11. The van der Waals surface area contributed by atoms with Crippen LogP contribution < -0.4 is 0 Å². The molecule has 1 unspecified atom stereocenters. The van der Waals surface area contributed by atoms with Gasteiger partial charge in [0, 0.05) is 23.6 Å². The van der Waals surface area contributed by atoms with Crippen LogP contribution >= 0.6 is 11.3 Å². The molecule has 132 valence electrons. The van der Waals surface area contributed by atoms with E-state index in [2.05, 4.69) is 11.9 Å². The third-order valence-corrected chi connectivity index (χ3v) is 5.02. The summed E-state index contributed by atoms with van der Waals surface area (Å²) < 4.78 is 20.4. The van der Waals surface area contributed by atoms with Crippen molar-refractivity contribution >= 4 is 11.3 Å². The van der Waals surface area contributed by atoms with Gasteiger partial charge >= 0.3 is 0 Å². The summed E-state index contributed by atoms with van der Waals surface area (Å²) in [7, 11) is 1.67. The molecular weight excluding hydrogens is 321 g/mol. The largest absolute Gasteiger partial charge is 0.377 e. The maximum atomic E-state index is 14.9. The molecule has 0 aliphatic rings. The predicted molar refractivity (Wildman–Crippen MR) is 99.9 cm³/mol. The van der Waals surface area contributed by atoms with Crippen molar-refractivity contribution in [3.05, 3.63) is 40.5 Å². The molecule has 2 aromatic rings. The Morgan fingerprint density at radius 3 is 2.54 bits per heavy atom. The molecule has 0 N–H and O–H groups in total. The van der Waals surface area contributed by atoms with E-state index in [1.807, 2.05) is 17.5 Å². The monoisotopic (exact) mass is 349 g/mol. The summed E-state index contributed by atoms with van der Waals surface area (Å²) in [4.78, 5) is 4.22. The Kier molecular flexibility index (Phi) is 8.40. The highest BCUT2D eigenvalue weighted by Gasteiger charge is 2.18. The summed E-state index contributed by atoms with van der Waals surface area (Å²) in [6.45, 7) is 2.23. The lowest BCUT2D eigenvalue weighted by Gasteiger charge is -2.17. The molecule has 24 heavy (non-hydrogen) atoms. The molecule has 0 fully saturated rings. The number of methoxy groups -OCH3 is 1. The molecule has 0 aliphatic carbocycles. The van der Waals surface area contributed by atoms with Crippen molar-refractivity contribution in [3.63, 3.8) is 0 Å². The van der Waals surface area contributed by atoms with Crippen molar-refractivity contribution in [2.75, 3.05) is 7.11 Å². The van der Waals surface area contributed by atoms with E-state index in [1.165, 1.54) is 49.9 Å². The second kappa shape index (κ2) is 10.6. The van der Waals surface area contributed by atoms with Crippen LogP contribution in [-0.2, 0) is 4.74 Å². The van der Waals surface area contributed by atoms with E-state index < -0.39 is 0 Å². The number of unbranched alkanes of at least 4 members (excludes halogenated alkanes) is 6. The summed E-state index contributed by atoms with van der Waals surface area (Å²) in [6.07, 6.45) is 9.45. The van der Waals surface area contributed by atoms with Gasteiger partial charge in [-0.2, -0.15) is 0 Å². The van der Waals surface area contributed by atoms with Gasteiger partial charge < -0.3 is 4.74 Å². The zero-order valence-corrected chi connectivity index (χ0v) is 15.6. The molecule has 0 radical (unpaired) electrons. The maximum Gasteiger partial charge on any atom is 0.138 e. The Morgan fingerprint density at radius 1 is 1.12 bits per heavy atom. The van der Waals surface area contributed by atoms with Gasteiger partial charge in [-0.3, -0.25) is 0 Å². The van der Waals surface area contributed by atoms with Crippen LogP contribution in [0.1, 0.15) is 70.0 Å². The molecule has 1 aromatic heterocycles. The lowest BCUT2D eigenvalue weighted by Crippen LogP contribution is -2.05. The van der Waals surface area contributed by atoms with E-state index in [0.717, 1.165) is 12.8 Å². The van der Waals surface area contributed by atoms with Crippen LogP contribution in [0.3, 0.4) is 0 Å². The molecule has 2 nitrogen and oxygen atoms in total. The predicted octanol–water partition coefficient (Wildman–Crippen LogP) is 6.78. The van der Waals surface area contributed by atoms with Crippen LogP contribution in [0, 0.1) is 5.82 Å². The average Bonchev–Trinajstić information content (AvgIpc) is 3.12. The zero-order valence-electron chi connectivity index (χ0n) is 14.8. The molecule has 4 heteroatoms. The van der Waals surface area contributed by atoms with Gasteiger partial charge in [-0.15, -0.1) is 11.3 Å². The van der Waals surface area contributed by atoms with E-state index in [4.69, 9.17) is 4.74 Å². The van der Waals surface area contributed by atoms with Crippen LogP contribution in [0.15, 0.2) is 29.1 Å². The summed E-state index contributed by atoms with van der Waals surface area (Å²) >= 11 is 1.48. The summed E-state index contributed by atoms with van der Waals surface area (Å²) in [5.41, 5.74) is 3.64. The summed E-state index contributed by atoms with van der Waals surface area (Å²) in [5.74, 6) is -0.196. The van der Waals surface area contributed by atoms with Gasteiger partial charge in [0.1, 0.15) is 5.82 Å². The molecule has 0 aliphatic heterocycles. The van der Waals surface area contributed by atoms with Crippen LogP contribution in [0.25, 0.3) is 11.3 Å². The Morgan fingerprint density at radius 2 is 1.88 bits per heavy atom. The quantitative estimate of drug-likeness (QED) is 0.417. The van der Waals surface area contributed by atoms with Gasteiger partial charge in [0.15, 0.2) is 0 Å². The van der Waals surface area contributed by atoms with E-state index in [0.29, 0.717) is 16.8 Å². The first-order valence-corrected chi connectivity index (χ1v) is 9.92. The molecular formula is C20H28FNOS. The number of thiazole rings is 1. The highest BCUT2D eigenvalue weighted by atomic mass is 32.1. The standard InChI is InChI=1S/C20H28FNOS/c1-3-4-5-6-7-8-9-13-19(23-2)17-12-10-11-16(20(17)21)18-14-24-15-22-18/h10-12,14-15,19H,3-9,13H2,1-2H3. The van der Waals surface area contributed by atoms with Gasteiger partial charge in [-0.1, -0.05) is 64.0 Å². The average molecular weight is 350 g/mol. The SMILES string of the molecule is CCCCCCCCCC(OC)c1cccc(-c2cscn2)c1F. The molecule has 0 spiro atoms. The number of aromatic nitrogens is 1. The van der Waals surface area contributed by atoms with Gasteiger partial charge in [0.05, 0.1) is 17.3 Å². The fourth-order valence-electron chi connectivity index (χ4n) is 3.03. The lowest BCUT2D eigenvalue weighted by atomic mass is 9.98. The molecule has 1 aromatic carbocycles. The van der Waals surface area contributed by atoms with Crippen molar-refractivity contribution in [1.29, 1.82) is 0 Å². The van der Waals surface area contributed by atoms with E-state index in [1.54, 1.807) is 18.7 Å². The fourth-order valence-corrected chi connectivity index (χ4v) is 3.58. The highest BCUT2D eigenvalue weighted by molar-refractivity contribution is 7.07. The topological polar surface area (TPSA) is 22.1 Å². The molecule has 1 heterocycles. The van der Waals surface area contributed by atoms with Crippen molar-refractivity contribution in [1.82, 2.24) is 4.98 Å². The van der Waals surface area contributed by atoms with Gasteiger partial charge in [0.25, 0.3) is 0 Å². The number of ether oxygens (including phenoxy) is 1. The van der Waals surface area contributed by atoms with Crippen LogP contribution in [0.2, 0.25) is 0 Å². The zero-order chi connectivity index (χ0) is 17.2. The Hall–Kier alpha value is -1.26. The Balaban J connectivity index is 1.92. The third kappa shape index (κ3) is 5.38. The number of hydrogen-bond acceptors (Lipinski definition) is 3. The van der Waals surface area contributed by atoms with Crippen molar-refractivity contribution in [2.24, 2.45) is 0 Å². The van der Waals surface area contributed by atoms with Gasteiger partial charge in [-0.25, -0.2) is 9.37 Å². The van der Waals surface area contributed by atoms with Gasteiger partial charge in [-0.05, 0) is 12.5 Å². The smallest absolute Gasteiger partial charge is 0.138 e. The minimum absolute atomic E-state index is 0.181. The normalized spacial score (nSPS) is 12.5. The summed E-state index contributed by atoms with van der Waals surface area (Å²) in [5, 5.41) is 1.88. The minimum atomic E-state index is -0.196. The molecule has 0 bridgehead atoms. The van der Waals surface area contributed by atoms with Crippen LogP contribution in [0.5, 0.6) is 0 Å². The van der Waals surface area contributed by atoms with Gasteiger partial charge in [0.2, 0.25) is 0 Å². The Bertz CT molecular complexity index is 585. The summed E-state index contributed by atoms with van der Waals surface area (Å²) in [6, 6.07) is 5.51. The van der Waals surface area contributed by atoms with Crippen molar-refractivity contribution in [2.45, 2.75) is 64.4 Å². The molecule has 1 atom stereocenters. The number of halogens is 1. The maximum absolute atomic E-state index is 14.9. The number of hydrogen-bond donors (Lipinski definition) is 0. The second-order valence-corrected chi connectivity index (χ2v) is 6.94. The van der Waals surface area contributed by atoms with Crippen molar-refractivity contribution < 1.29 is 9.13 Å². The molecule has 0 saturated carbocycles. The molecule has 0 saturated heterocycles. The minimum Gasteiger partial charge on any atom is -0.377 e. The Labute approximate surface area is 149 Å². The molecule has 2 rings (SSSR count).